The van der Waals surface area contributed by atoms with Gasteiger partial charge in [0, 0.05) is 0 Å². The molecule has 2 rings (SSSR count). The monoisotopic (exact) mass is 428 g/mol. The number of hydrogen-bond acceptors (Lipinski definition) is 7. The summed E-state index contributed by atoms with van der Waals surface area (Å²) >= 11 is 3.79. The average molecular weight is 429 g/mol. The quantitative estimate of drug-likeness (QED) is 0.463. The summed E-state index contributed by atoms with van der Waals surface area (Å²) in [5.74, 6) is 1.99. The zero-order chi connectivity index (χ0) is 20.4. The number of thioether (sulfide) groups is 2. The van der Waals surface area contributed by atoms with Gasteiger partial charge in [-0.15, -0.1) is 23.5 Å². The second-order valence-electron chi connectivity index (χ2n) is 7.30. The lowest BCUT2D eigenvalue weighted by molar-refractivity contribution is -0.146. The highest BCUT2D eigenvalue weighted by atomic mass is 32.2. The number of rotatable bonds is 11. The van der Waals surface area contributed by atoms with Gasteiger partial charge in [0.2, 0.25) is 0 Å². The van der Waals surface area contributed by atoms with Crippen molar-refractivity contribution in [2.45, 2.75) is 68.2 Å². The van der Waals surface area contributed by atoms with Crippen LogP contribution in [-0.2, 0) is 16.0 Å². The lowest BCUT2D eigenvalue weighted by Crippen LogP contribution is -2.33. The van der Waals surface area contributed by atoms with E-state index in [0.717, 1.165) is 42.8 Å². The molecule has 1 heterocycles. The lowest BCUT2D eigenvalue weighted by atomic mass is 10.0. The fraction of sp³-hybridized carbons (Fsp3) is 0.667. The zero-order valence-electron chi connectivity index (χ0n) is 16.5. The molecular weight excluding hydrogens is 396 g/mol. The number of carbonyl (C=O) groups is 1. The average Bonchev–Trinajstić information content (AvgIpc) is 2.66. The molecule has 0 aliphatic carbocycles. The van der Waals surface area contributed by atoms with Crippen LogP contribution in [0.3, 0.4) is 0 Å². The Balaban J connectivity index is 1.87. The molecule has 0 aromatic heterocycles. The van der Waals surface area contributed by atoms with E-state index in [1.165, 1.54) is 0 Å². The first-order valence-corrected chi connectivity index (χ1v) is 12.0. The summed E-state index contributed by atoms with van der Waals surface area (Å²) in [7, 11) is 0. The molecule has 5 nitrogen and oxygen atoms in total. The number of benzene rings is 1. The first-order chi connectivity index (χ1) is 13.4. The Morgan fingerprint density at radius 3 is 2.50 bits per heavy atom. The molecule has 0 bridgehead atoms. The van der Waals surface area contributed by atoms with Gasteiger partial charge in [0.1, 0.15) is 5.75 Å². The van der Waals surface area contributed by atoms with Gasteiger partial charge in [-0.05, 0) is 67.7 Å². The minimum atomic E-state index is -0.882. The number of phenols is 1. The first kappa shape index (κ1) is 23.4. The van der Waals surface area contributed by atoms with E-state index in [2.05, 4.69) is 0 Å². The molecule has 1 fully saturated rings. The summed E-state index contributed by atoms with van der Waals surface area (Å²) in [6.45, 7) is 2.28. The third kappa shape index (κ3) is 8.23. The van der Waals surface area contributed by atoms with Crippen molar-refractivity contribution >= 4 is 29.5 Å². The molecule has 7 heteroatoms. The molecule has 2 atom stereocenters. The molecule has 0 radical (unpaired) electrons. The van der Waals surface area contributed by atoms with Crippen LogP contribution in [0.1, 0.15) is 51.0 Å². The van der Waals surface area contributed by atoms with Crippen LogP contribution in [0.5, 0.6) is 5.75 Å². The predicted octanol–water partition coefficient (Wildman–Crippen LogP) is 3.74. The number of carbonyl (C=O) groups excluding carboxylic acids is 1. The maximum absolute atomic E-state index is 11.6. The SMILES string of the molecule is CCCOC(=O)C[C@@H](O)C[C@@H](O)CC1(CCc2ccc(O)cc2)SCCCS1. The van der Waals surface area contributed by atoms with Gasteiger partial charge in [-0.25, -0.2) is 0 Å². The number of aliphatic hydroxyl groups is 2. The summed E-state index contributed by atoms with van der Waals surface area (Å²) < 4.78 is 4.92. The summed E-state index contributed by atoms with van der Waals surface area (Å²) in [5, 5.41) is 30.2. The van der Waals surface area contributed by atoms with Gasteiger partial charge in [0.25, 0.3) is 0 Å². The van der Waals surface area contributed by atoms with E-state index in [-0.39, 0.29) is 22.7 Å². The fourth-order valence-corrected chi connectivity index (χ4v) is 6.74. The second kappa shape index (κ2) is 12.0. The van der Waals surface area contributed by atoms with Gasteiger partial charge >= 0.3 is 5.97 Å². The van der Waals surface area contributed by atoms with E-state index >= 15 is 0 Å². The third-order valence-electron chi connectivity index (χ3n) is 4.71. The van der Waals surface area contributed by atoms with E-state index in [9.17, 15) is 20.1 Å². The first-order valence-electron chi connectivity index (χ1n) is 10.00. The van der Waals surface area contributed by atoms with Crippen molar-refractivity contribution in [3.63, 3.8) is 0 Å². The Morgan fingerprint density at radius 1 is 1.18 bits per heavy atom. The number of aryl methyl sites for hydroxylation is 1. The van der Waals surface area contributed by atoms with Crippen molar-refractivity contribution in [3.05, 3.63) is 29.8 Å². The maximum Gasteiger partial charge on any atom is 0.308 e. The van der Waals surface area contributed by atoms with E-state index in [1.54, 1.807) is 12.1 Å². The second-order valence-corrected chi connectivity index (χ2v) is 10.5. The van der Waals surface area contributed by atoms with Crippen molar-refractivity contribution in [2.24, 2.45) is 0 Å². The van der Waals surface area contributed by atoms with Crippen LogP contribution in [0, 0.1) is 0 Å². The standard InChI is InChI=1S/C21H32O5S2/c1-2-10-26-20(25)14-18(23)13-19(24)15-21(27-11-3-12-28-21)9-8-16-4-6-17(22)7-5-16/h4-7,18-19,22-24H,2-3,8-15H2,1H3/t18-,19+/m0/s1. The minimum absolute atomic E-state index is 0.0716. The number of phenolic OH excluding ortho intramolecular Hbond substituents is 1. The topological polar surface area (TPSA) is 87.0 Å². The van der Waals surface area contributed by atoms with E-state index in [1.807, 2.05) is 42.6 Å². The van der Waals surface area contributed by atoms with Crippen molar-refractivity contribution in [1.82, 2.24) is 0 Å². The molecule has 0 spiro atoms. The molecule has 0 amide bonds. The normalized spacial score (nSPS) is 18.4. The summed E-state index contributed by atoms with van der Waals surface area (Å²) in [5.41, 5.74) is 1.16. The minimum Gasteiger partial charge on any atom is -0.508 e. The highest BCUT2D eigenvalue weighted by molar-refractivity contribution is 8.18. The van der Waals surface area contributed by atoms with Gasteiger partial charge in [-0.1, -0.05) is 19.1 Å². The molecule has 1 aromatic rings. The molecule has 1 aliphatic rings. The molecule has 0 unspecified atom stereocenters. The smallest absolute Gasteiger partial charge is 0.308 e. The van der Waals surface area contributed by atoms with E-state index in [4.69, 9.17) is 4.74 Å². The van der Waals surface area contributed by atoms with Gasteiger partial charge in [0.05, 0.1) is 29.3 Å². The largest absolute Gasteiger partial charge is 0.508 e. The van der Waals surface area contributed by atoms with Crippen molar-refractivity contribution in [3.8, 4) is 5.75 Å². The third-order valence-corrected chi connectivity index (χ3v) is 8.20. The number of aliphatic hydroxyl groups excluding tert-OH is 2. The molecule has 28 heavy (non-hydrogen) atoms. The van der Waals surface area contributed by atoms with Gasteiger partial charge < -0.3 is 20.1 Å². The molecule has 158 valence electrons. The van der Waals surface area contributed by atoms with Crippen molar-refractivity contribution in [1.29, 1.82) is 0 Å². The highest BCUT2D eigenvalue weighted by Crippen LogP contribution is 2.49. The van der Waals surface area contributed by atoms with Crippen LogP contribution >= 0.6 is 23.5 Å². The molecular formula is C21H32O5S2. The van der Waals surface area contributed by atoms with Crippen LogP contribution in [0.4, 0.5) is 0 Å². The van der Waals surface area contributed by atoms with Gasteiger partial charge in [0.15, 0.2) is 0 Å². The molecule has 3 N–H and O–H groups in total. The summed E-state index contributed by atoms with van der Waals surface area (Å²) in [4.78, 5) is 11.6. The van der Waals surface area contributed by atoms with E-state index in [0.29, 0.717) is 13.0 Å². The van der Waals surface area contributed by atoms with Crippen LogP contribution in [0.15, 0.2) is 24.3 Å². The van der Waals surface area contributed by atoms with Gasteiger partial charge in [-0.2, -0.15) is 0 Å². The Kier molecular flexibility index (Phi) is 9.99. The van der Waals surface area contributed by atoms with Crippen LogP contribution in [0.2, 0.25) is 0 Å². The van der Waals surface area contributed by atoms with Crippen molar-refractivity contribution in [2.75, 3.05) is 18.1 Å². The zero-order valence-corrected chi connectivity index (χ0v) is 18.1. The van der Waals surface area contributed by atoms with Crippen molar-refractivity contribution < 1.29 is 24.9 Å². The Bertz CT molecular complexity index is 587. The number of aromatic hydroxyl groups is 1. The van der Waals surface area contributed by atoms with Crippen LogP contribution in [-0.4, -0.2) is 55.7 Å². The van der Waals surface area contributed by atoms with E-state index < -0.39 is 18.2 Å². The molecule has 1 saturated heterocycles. The lowest BCUT2D eigenvalue weighted by Gasteiger charge is -2.38. The highest BCUT2D eigenvalue weighted by Gasteiger charge is 2.36. The fourth-order valence-electron chi connectivity index (χ4n) is 3.29. The molecule has 1 aliphatic heterocycles. The number of hydrogen-bond donors (Lipinski definition) is 3. The molecule has 1 aromatic carbocycles. The van der Waals surface area contributed by atoms with Gasteiger partial charge in [-0.3, -0.25) is 4.79 Å². The molecule has 0 saturated carbocycles. The Hall–Kier alpha value is -0.890. The van der Waals surface area contributed by atoms with Crippen LogP contribution < -0.4 is 0 Å². The Morgan fingerprint density at radius 2 is 1.86 bits per heavy atom. The maximum atomic E-state index is 11.6. The summed E-state index contributed by atoms with van der Waals surface area (Å²) in [6.07, 6.45) is 2.86. The number of ether oxygens (including phenoxy) is 1. The predicted molar refractivity (Wildman–Crippen MR) is 116 cm³/mol. The number of esters is 1. The van der Waals surface area contributed by atoms with Crippen LogP contribution in [0.25, 0.3) is 0 Å². The summed E-state index contributed by atoms with van der Waals surface area (Å²) in [6, 6.07) is 7.27. The Labute approximate surface area is 176 Å².